The van der Waals surface area contributed by atoms with Gasteiger partial charge in [0.15, 0.2) is 0 Å². The van der Waals surface area contributed by atoms with Gasteiger partial charge in [0.1, 0.15) is 0 Å². The summed E-state index contributed by atoms with van der Waals surface area (Å²) in [6.45, 7) is 6.41. The molecule has 0 heterocycles. The topological polar surface area (TPSA) is 0 Å². The first-order valence-electron chi connectivity index (χ1n) is 12.6. The zero-order valence-corrected chi connectivity index (χ0v) is 28.4. The number of benzene rings is 4. The van der Waals surface area contributed by atoms with E-state index in [1.54, 1.807) is 0 Å². The molecule has 0 N–H and O–H groups in total. The van der Waals surface area contributed by atoms with E-state index < -0.39 is 22.3 Å². The van der Waals surface area contributed by atoms with E-state index in [4.69, 9.17) is 23.2 Å². The number of fused-ring (bicyclic) bond motifs is 3. The van der Waals surface area contributed by atoms with Gasteiger partial charge in [-0.25, -0.2) is 6.07 Å². The summed E-state index contributed by atoms with van der Waals surface area (Å²) in [4.78, 5) is 0. The zero-order valence-electron chi connectivity index (χ0n) is 22.7. The Kier molecular flexibility index (Phi) is 14.6. The summed E-state index contributed by atoms with van der Waals surface area (Å²) < 4.78 is 4.66. The van der Waals surface area contributed by atoms with E-state index in [0.717, 1.165) is 16.5 Å². The van der Waals surface area contributed by atoms with Gasteiger partial charge in [-0.2, -0.15) is 52.6 Å². The summed E-state index contributed by atoms with van der Waals surface area (Å²) in [6.07, 6.45) is 1.05. The average molecular weight is 686 g/mol. The molecule has 0 aliphatic heterocycles. The van der Waals surface area contributed by atoms with Gasteiger partial charge >= 0.3 is 123 Å². The number of aryl methyl sites for hydroxylation is 3. The molecule has 6 rings (SSSR count). The molecule has 5 aromatic rings. The molecule has 0 bridgehead atoms. The third kappa shape index (κ3) is 10.1. The molecule has 0 spiro atoms. The summed E-state index contributed by atoms with van der Waals surface area (Å²) in [5, 5.41) is 1.57. The zero-order chi connectivity index (χ0) is 26.9. The first-order chi connectivity index (χ1) is 18.4. The quantitative estimate of drug-likeness (QED) is 0.159. The monoisotopic (exact) mass is 682 g/mol. The molecule has 0 saturated heterocycles. The standard InChI is InChI=1S/C13H9.C8H11.2C7H5Cl.2ClH.Zr/c1-3-7-12-10(5-1)9-11-6-2-4-8-13(11)12;1-6-4-7(2)8(3)5-6;2*1-6-2-4-7(8)5-3-6;;;/h1-5,7-8H,9H2;4-5H,1-3H3;2*1-5H;2*1H;/q2*-1;;;;;. The molecule has 0 nitrogen and oxygen atoms in total. The molecule has 40 heavy (non-hydrogen) atoms. The summed E-state index contributed by atoms with van der Waals surface area (Å²) in [7, 11) is 0. The van der Waals surface area contributed by atoms with Crippen molar-refractivity contribution in [1.82, 2.24) is 0 Å². The fourth-order valence-corrected chi connectivity index (χ4v) is 6.65. The van der Waals surface area contributed by atoms with Gasteiger partial charge in [0.25, 0.3) is 0 Å². The minimum Gasteiger partial charge on any atom is -0.179 e. The minimum atomic E-state index is -0.623. The molecule has 0 atom stereocenters. The van der Waals surface area contributed by atoms with E-state index >= 15 is 0 Å². The molecule has 0 unspecified atom stereocenters. The van der Waals surface area contributed by atoms with Gasteiger partial charge in [-0.1, -0.05) is 56.2 Å². The van der Waals surface area contributed by atoms with Crippen molar-refractivity contribution in [1.29, 1.82) is 0 Å². The Morgan fingerprint density at radius 1 is 0.725 bits per heavy atom. The van der Waals surface area contributed by atoms with E-state index in [1.165, 1.54) is 50.1 Å². The van der Waals surface area contributed by atoms with Crippen LogP contribution in [0.4, 0.5) is 0 Å². The molecule has 206 valence electrons. The second kappa shape index (κ2) is 17.1. The molecule has 5 aromatic carbocycles. The average Bonchev–Trinajstić information content (AvgIpc) is 3.44. The number of hydrogen-bond acceptors (Lipinski definition) is 0. The Morgan fingerprint density at radius 3 is 1.77 bits per heavy atom. The van der Waals surface area contributed by atoms with Gasteiger partial charge in [0.05, 0.1) is 0 Å². The smallest absolute Gasteiger partial charge is 0.0253 e. The van der Waals surface area contributed by atoms with Crippen molar-refractivity contribution in [3.05, 3.63) is 158 Å². The van der Waals surface area contributed by atoms with Crippen LogP contribution in [0.3, 0.4) is 0 Å². The Bertz CT molecular complexity index is 1450. The molecular formula is C35H32Cl4Zr-2. The molecule has 0 fully saturated rings. The van der Waals surface area contributed by atoms with Crippen molar-refractivity contribution in [2.24, 2.45) is 0 Å². The molecule has 0 radical (unpaired) electrons. The van der Waals surface area contributed by atoms with Crippen molar-refractivity contribution in [2.45, 2.75) is 27.2 Å². The van der Waals surface area contributed by atoms with Gasteiger partial charge in [-0.3, -0.25) is 0 Å². The van der Waals surface area contributed by atoms with E-state index in [2.05, 4.69) is 107 Å². The third-order valence-electron chi connectivity index (χ3n) is 6.37. The third-order valence-corrected chi connectivity index (χ3v) is 9.33. The van der Waals surface area contributed by atoms with Gasteiger partial charge in [0.2, 0.25) is 0 Å². The van der Waals surface area contributed by atoms with Crippen molar-refractivity contribution in [2.75, 3.05) is 0 Å². The summed E-state index contributed by atoms with van der Waals surface area (Å²) in [6, 6.07) is 38.4. The van der Waals surface area contributed by atoms with Crippen molar-refractivity contribution in [3.8, 4) is 11.1 Å². The molecule has 0 saturated carbocycles. The Labute approximate surface area is 272 Å². The van der Waals surface area contributed by atoms with Crippen LogP contribution in [0.2, 0.25) is 10.0 Å². The van der Waals surface area contributed by atoms with Gasteiger partial charge in [-0.05, 0) is 6.42 Å². The summed E-state index contributed by atoms with van der Waals surface area (Å²) in [5.74, 6) is 0. The van der Waals surface area contributed by atoms with Crippen LogP contribution in [0.25, 0.3) is 11.1 Å². The van der Waals surface area contributed by atoms with Crippen LogP contribution in [0.15, 0.2) is 103 Å². The normalized spacial score (nSPS) is 10.0. The molecule has 0 amide bonds. The van der Waals surface area contributed by atoms with E-state index in [9.17, 15) is 0 Å². The van der Waals surface area contributed by atoms with Crippen LogP contribution in [0, 0.1) is 26.8 Å². The number of rotatable bonds is 2. The summed E-state index contributed by atoms with van der Waals surface area (Å²) >= 11 is 11.0. The van der Waals surface area contributed by atoms with Crippen LogP contribution in [0.1, 0.15) is 38.9 Å². The predicted molar refractivity (Wildman–Crippen MR) is 177 cm³/mol. The molecular weight excluding hydrogens is 653 g/mol. The fourth-order valence-electron chi connectivity index (χ4n) is 4.30. The number of hydrogen-bond donors (Lipinski definition) is 0. The maximum atomic E-state index is 5.84. The Morgan fingerprint density at radius 2 is 1.27 bits per heavy atom. The first-order valence-corrected chi connectivity index (χ1v) is 16.2. The largest absolute Gasteiger partial charge is 0.179 e. The fraction of sp³-hybridized carbons (Fsp3) is 0.114. The first kappa shape index (κ1) is 34.2. The van der Waals surface area contributed by atoms with Gasteiger partial charge < -0.3 is 0 Å². The Hall–Kier alpha value is -1.99. The predicted octanol–water partition coefficient (Wildman–Crippen LogP) is 10.3. The van der Waals surface area contributed by atoms with Gasteiger partial charge in [-0.15, -0.1) is 30.4 Å². The Balaban J connectivity index is 0.000000217. The molecule has 1 aliphatic carbocycles. The van der Waals surface area contributed by atoms with Crippen LogP contribution in [0.5, 0.6) is 0 Å². The van der Waals surface area contributed by atoms with Gasteiger partial charge in [0, 0.05) is 0 Å². The van der Waals surface area contributed by atoms with E-state index in [1.807, 2.05) is 30.3 Å². The minimum absolute atomic E-state index is 0. The maximum absolute atomic E-state index is 5.84. The van der Waals surface area contributed by atoms with Crippen LogP contribution >= 0.6 is 48.0 Å². The van der Waals surface area contributed by atoms with Crippen molar-refractivity contribution >= 4 is 55.4 Å². The van der Waals surface area contributed by atoms with E-state index in [0.29, 0.717) is 0 Å². The molecule has 0 aromatic heterocycles. The van der Waals surface area contributed by atoms with Crippen LogP contribution in [-0.4, -0.2) is 7.42 Å². The van der Waals surface area contributed by atoms with Crippen LogP contribution in [-0.2, 0) is 28.7 Å². The molecule has 1 aliphatic rings. The van der Waals surface area contributed by atoms with Crippen molar-refractivity contribution in [3.63, 3.8) is 0 Å². The summed E-state index contributed by atoms with van der Waals surface area (Å²) in [5.41, 5.74) is 12.2. The number of halogens is 4. The van der Waals surface area contributed by atoms with Crippen LogP contribution < -0.4 is 0 Å². The second-order valence-electron chi connectivity index (χ2n) is 9.35. The molecule has 5 heteroatoms. The van der Waals surface area contributed by atoms with Crippen molar-refractivity contribution < 1.29 is 22.3 Å². The second-order valence-corrected chi connectivity index (χ2v) is 12.5. The maximum Gasteiger partial charge on any atom is -0.0253 e. The SMILES string of the molecule is Cc1cc(C)c(C)[cH-]1.Cl.Cl.Clc1ccc([CH]=[Zr]=[CH]c2ccc(Cl)cc2)cc1.[c-]1cccc2c1Cc1ccccc1-2. The van der Waals surface area contributed by atoms with E-state index in [-0.39, 0.29) is 24.8 Å².